The highest BCUT2D eigenvalue weighted by Crippen LogP contribution is 2.37. The molecule has 0 spiro atoms. The molecule has 1 aromatic heterocycles. The number of ether oxygens (including phenoxy) is 1. The second-order valence-electron chi connectivity index (χ2n) is 5.69. The molecule has 0 bridgehead atoms. The van der Waals surface area contributed by atoms with Crippen molar-refractivity contribution in [1.82, 2.24) is 10.3 Å². The van der Waals surface area contributed by atoms with E-state index in [0.717, 1.165) is 30.2 Å². The lowest BCUT2D eigenvalue weighted by molar-refractivity contribution is 0.378. The van der Waals surface area contributed by atoms with Crippen molar-refractivity contribution in [1.29, 1.82) is 0 Å². The molecule has 0 aliphatic heterocycles. The molecule has 1 aliphatic carbocycles. The lowest BCUT2D eigenvalue weighted by Gasteiger charge is -2.36. The van der Waals surface area contributed by atoms with E-state index in [-0.39, 0.29) is 0 Å². The van der Waals surface area contributed by atoms with Crippen LogP contribution in [0.4, 0.5) is 0 Å². The molecule has 0 unspecified atom stereocenters. The largest absolute Gasteiger partial charge is 0.497 e. The summed E-state index contributed by atoms with van der Waals surface area (Å²) in [5, 5.41) is 3.60. The van der Waals surface area contributed by atoms with Crippen LogP contribution in [0.15, 0.2) is 12.1 Å². The van der Waals surface area contributed by atoms with Crippen LogP contribution in [0.2, 0.25) is 0 Å². The fourth-order valence-electron chi connectivity index (χ4n) is 2.98. The van der Waals surface area contributed by atoms with E-state index in [9.17, 15) is 0 Å². The molecular weight excluding hydrogens is 268 g/mol. The van der Waals surface area contributed by atoms with Gasteiger partial charge >= 0.3 is 0 Å². The third-order valence-electron chi connectivity index (χ3n) is 4.17. The van der Waals surface area contributed by atoms with Gasteiger partial charge in [0.05, 0.1) is 12.8 Å². The van der Waals surface area contributed by atoms with Crippen LogP contribution in [-0.2, 0) is 6.54 Å². The van der Waals surface area contributed by atoms with E-state index in [1.807, 2.05) is 30.8 Å². The quantitative estimate of drug-likeness (QED) is 0.870. The summed E-state index contributed by atoms with van der Waals surface area (Å²) in [5.74, 6) is 0.895. The summed E-state index contributed by atoms with van der Waals surface area (Å²) in [5.41, 5.74) is 2.08. The number of nitrogens with one attached hydrogen (secondary N) is 1. The summed E-state index contributed by atoms with van der Waals surface area (Å²) in [6.07, 6.45) is 9.08. The maximum Gasteiger partial charge on any atom is 0.122 e. The molecular formula is C16H26N2OS. The van der Waals surface area contributed by atoms with Gasteiger partial charge in [-0.1, -0.05) is 19.3 Å². The van der Waals surface area contributed by atoms with Crippen molar-refractivity contribution in [3.05, 3.63) is 23.5 Å². The van der Waals surface area contributed by atoms with Crippen LogP contribution in [0.5, 0.6) is 5.75 Å². The van der Waals surface area contributed by atoms with Crippen molar-refractivity contribution < 1.29 is 4.74 Å². The van der Waals surface area contributed by atoms with E-state index in [1.165, 1.54) is 32.1 Å². The van der Waals surface area contributed by atoms with Crippen LogP contribution in [0.25, 0.3) is 0 Å². The summed E-state index contributed by atoms with van der Waals surface area (Å²) < 4.78 is 5.74. The smallest absolute Gasteiger partial charge is 0.122 e. The highest BCUT2D eigenvalue weighted by atomic mass is 32.2. The molecule has 2 rings (SSSR count). The second kappa shape index (κ2) is 7.32. The maximum absolute atomic E-state index is 5.30. The van der Waals surface area contributed by atoms with Crippen LogP contribution < -0.4 is 10.1 Å². The number of nitrogens with zero attached hydrogens (tertiary/aromatic N) is 1. The number of thioether (sulfide) groups is 1. The highest BCUT2D eigenvalue weighted by Gasteiger charge is 2.30. The molecule has 1 fully saturated rings. The van der Waals surface area contributed by atoms with Crippen molar-refractivity contribution in [2.45, 2.75) is 50.3 Å². The Morgan fingerprint density at radius 2 is 2.05 bits per heavy atom. The first-order chi connectivity index (χ1) is 9.67. The van der Waals surface area contributed by atoms with Crippen molar-refractivity contribution in [3.8, 4) is 5.75 Å². The molecule has 1 N–H and O–H groups in total. The van der Waals surface area contributed by atoms with Gasteiger partial charge in [-0.15, -0.1) is 0 Å². The molecule has 0 radical (unpaired) electrons. The first kappa shape index (κ1) is 15.6. The Morgan fingerprint density at radius 1 is 1.30 bits per heavy atom. The summed E-state index contributed by atoms with van der Waals surface area (Å²) >= 11 is 2.03. The monoisotopic (exact) mass is 294 g/mol. The summed E-state index contributed by atoms with van der Waals surface area (Å²) in [4.78, 5) is 4.56. The van der Waals surface area contributed by atoms with Gasteiger partial charge in [0.25, 0.3) is 0 Å². The van der Waals surface area contributed by atoms with Gasteiger partial charge in [-0.05, 0) is 26.0 Å². The zero-order valence-corrected chi connectivity index (χ0v) is 13.7. The fourth-order valence-corrected chi connectivity index (χ4v) is 3.92. The van der Waals surface area contributed by atoms with Gasteiger partial charge in [0.1, 0.15) is 5.75 Å². The Balaban J connectivity index is 1.90. The second-order valence-corrected chi connectivity index (χ2v) is 6.97. The average Bonchev–Trinajstić information content (AvgIpc) is 2.47. The summed E-state index contributed by atoms with van der Waals surface area (Å²) in [6, 6.07) is 3.99. The number of rotatable bonds is 6. The zero-order valence-electron chi connectivity index (χ0n) is 12.9. The van der Waals surface area contributed by atoms with Gasteiger partial charge in [0.2, 0.25) is 0 Å². The maximum atomic E-state index is 5.30. The molecule has 0 aromatic carbocycles. The minimum atomic E-state index is 0.437. The van der Waals surface area contributed by atoms with Crippen molar-refractivity contribution in [3.63, 3.8) is 0 Å². The van der Waals surface area contributed by atoms with Crippen molar-refractivity contribution in [2.24, 2.45) is 0 Å². The molecule has 1 aromatic rings. The fraction of sp³-hybridized carbons (Fsp3) is 0.688. The van der Waals surface area contributed by atoms with E-state index in [2.05, 4.69) is 16.6 Å². The Hall–Kier alpha value is -0.740. The van der Waals surface area contributed by atoms with Gasteiger partial charge in [-0.25, -0.2) is 0 Å². The Bertz CT molecular complexity index is 430. The zero-order chi connectivity index (χ0) is 14.4. The lowest BCUT2D eigenvalue weighted by atomic mass is 9.88. The molecule has 1 saturated carbocycles. The number of aromatic nitrogens is 1. The van der Waals surface area contributed by atoms with Crippen LogP contribution in [0.3, 0.4) is 0 Å². The molecule has 1 aliphatic rings. The Kier molecular flexibility index (Phi) is 5.73. The Labute approximate surface area is 126 Å². The first-order valence-electron chi connectivity index (χ1n) is 7.45. The van der Waals surface area contributed by atoms with E-state index in [4.69, 9.17) is 4.74 Å². The standard InChI is InChI=1S/C16H26N2OS/c1-13-9-15(19-2)10-14(18-13)11-17-12-16(20-3)7-5-4-6-8-16/h9-10,17H,4-8,11-12H2,1-3H3. The van der Waals surface area contributed by atoms with Gasteiger partial charge in [0.15, 0.2) is 0 Å². The lowest BCUT2D eigenvalue weighted by Crippen LogP contribution is -2.39. The summed E-state index contributed by atoms with van der Waals surface area (Å²) in [6.45, 7) is 3.91. The highest BCUT2D eigenvalue weighted by molar-refractivity contribution is 8.00. The molecule has 0 atom stereocenters. The van der Waals surface area contributed by atoms with Crippen LogP contribution in [0.1, 0.15) is 43.5 Å². The molecule has 4 heteroatoms. The van der Waals surface area contributed by atoms with Crippen LogP contribution >= 0.6 is 11.8 Å². The van der Waals surface area contributed by atoms with E-state index < -0.39 is 0 Å². The van der Waals surface area contributed by atoms with Crippen LogP contribution in [-0.4, -0.2) is 29.6 Å². The van der Waals surface area contributed by atoms with Gasteiger partial charge in [-0.2, -0.15) is 11.8 Å². The number of hydrogen-bond donors (Lipinski definition) is 1. The summed E-state index contributed by atoms with van der Waals surface area (Å²) in [7, 11) is 1.71. The van der Waals surface area contributed by atoms with Crippen molar-refractivity contribution in [2.75, 3.05) is 19.9 Å². The third kappa shape index (κ3) is 4.13. The first-order valence-corrected chi connectivity index (χ1v) is 8.67. The average molecular weight is 294 g/mol. The van der Waals surface area contributed by atoms with Gasteiger partial charge in [-0.3, -0.25) is 4.98 Å². The molecule has 112 valence electrons. The minimum Gasteiger partial charge on any atom is -0.497 e. The van der Waals surface area contributed by atoms with Gasteiger partial charge < -0.3 is 10.1 Å². The number of methoxy groups -OCH3 is 1. The third-order valence-corrected chi connectivity index (χ3v) is 5.59. The normalized spacial score (nSPS) is 17.9. The van der Waals surface area contributed by atoms with E-state index in [0.29, 0.717) is 4.75 Å². The number of hydrogen-bond acceptors (Lipinski definition) is 4. The molecule has 20 heavy (non-hydrogen) atoms. The van der Waals surface area contributed by atoms with Crippen LogP contribution in [0, 0.1) is 6.92 Å². The SMILES string of the molecule is COc1cc(C)nc(CNCC2(SC)CCCCC2)c1. The van der Waals surface area contributed by atoms with E-state index in [1.54, 1.807) is 7.11 Å². The van der Waals surface area contributed by atoms with Crippen molar-refractivity contribution >= 4 is 11.8 Å². The number of aryl methyl sites for hydroxylation is 1. The minimum absolute atomic E-state index is 0.437. The predicted molar refractivity (Wildman–Crippen MR) is 86.6 cm³/mol. The predicted octanol–water partition coefficient (Wildman–Crippen LogP) is 3.55. The topological polar surface area (TPSA) is 34.1 Å². The Morgan fingerprint density at radius 3 is 2.70 bits per heavy atom. The molecule has 1 heterocycles. The van der Waals surface area contributed by atoms with E-state index >= 15 is 0 Å². The molecule has 0 amide bonds. The number of pyridine rings is 1. The molecule has 0 saturated heterocycles. The van der Waals surface area contributed by atoms with Gasteiger partial charge in [0, 0.05) is 35.7 Å². The molecule has 3 nitrogen and oxygen atoms in total.